The molecule has 4 nitrogen and oxygen atoms in total. The van der Waals surface area contributed by atoms with Crippen LogP contribution in [0, 0.1) is 0 Å². The summed E-state index contributed by atoms with van der Waals surface area (Å²) >= 11 is 1.31. The van der Waals surface area contributed by atoms with Gasteiger partial charge in [0, 0.05) is 12.2 Å². The zero-order chi connectivity index (χ0) is 10.7. The SMILES string of the molecule is NC1=NC(=O)C(CNc2ccccc2)S1. The standard InChI is InChI=1S/C10H11N3OS/c11-10-13-9(14)8(15-10)6-12-7-4-2-1-3-5-7/h1-5,8,12H,6H2,(H2,11,13,14). The van der Waals surface area contributed by atoms with Crippen molar-refractivity contribution in [3.63, 3.8) is 0 Å². The molecule has 1 aromatic rings. The second kappa shape index (κ2) is 4.35. The molecule has 1 heterocycles. The van der Waals surface area contributed by atoms with Crippen molar-refractivity contribution in [1.29, 1.82) is 0 Å². The van der Waals surface area contributed by atoms with Crippen LogP contribution in [-0.4, -0.2) is 22.9 Å². The van der Waals surface area contributed by atoms with E-state index in [0.717, 1.165) is 5.69 Å². The lowest BCUT2D eigenvalue weighted by atomic mass is 10.3. The maximum absolute atomic E-state index is 11.3. The first-order valence-electron chi connectivity index (χ1n) is 4.59. The van der Waals surface area contributed by atoms with E-state index in [9.17, 15) is 4.79 Å². The number of nitrogens with zero attached hydrogens (tertiary/aromatic N) is 1. The Bertz CT molecular complexity index is 391. The van der Waals surface area contributed by atoms with E-state index in [-0.39, 0.29) is 11.2 Å². The zero-order valence-electron chi connectivity index (χ0n) is 8.01. The number of amidine groups is 1. The van der Waals surface area contributed by atoms with Gasteiger partial charge < -0.3 is 11.1 Å². The molecule has 2 rings (SSSR count). The number of thioether (sulfide) groups is 1. The maximum Gasteiger partial charge on any atom is 0.263 e. The first-order valence-corrected chi connectivity index (χ1v) is 5.47. The van der Waals surface area contributed by atoms with Gasteiger partial charge in [0.15, 0.2) is 5.17 Å². The van der Waals surface area contributed by atoms with Gasteiger partial charge in [-0.2, -0.15) is 4.99 Å². The number of nitrogens with two attached hydrogens (primary N) is 1. The smallest absolute Gasteiger partial charge is 0.263 e. The van der Waals surface area contributed by atoms with Crippen LogP contribution in [0.3, 0.4) is 0 Å². The molecule has 1 aliphatic rings. The van der Waals surface area contributed by atoms with E-state index in [1.807, 2.05) is 30.3 Å². The lowest BCUT2D eigenvalue weighted by Gasteiger charge is -2.09. The van der Waals surface area contributed by atoms with E-state index in [4.69, 9.17) is 5.73 Å². The highest BCUT2D eigenvalue weighted by atomic mass is 32.2. The molecule has 0 aliphatic carbocycles. The van der Waals surface area contributed by atoms with Crippen LogP contribution in [0.1, 0.15) is 0 Å². The highest BCUT2D eigenvalue weighted by Crippen LogP contribution is 2.20. The van der Waals surface area contributed by atoms with E-state index >= 15 is 0 Å². The van der Waals surface area contributed by atoms with Crippen molar-refractivity contribution < 1.29 is 4.79 Å². The zero-order valence-corrected chi connectivity index (χ0v) is 8.83. The number of hydrogen-bond donors (Lipinski definition) is 2. The number of hydrogen-bond acceptors (Lipinski definition) is 4. The summed E-state index contributed by atoms with van der Waals surface area (Å²) in [5, 5.41) is 3.34. The summed E-state index contributed by atoms with van der Waals surface area (Å²) in [5.74, 6) is -0.152. The predicted molar refractivity (Wildman–Crippen MR) is 62.9 cm³/mol. The van der Waals surface area contributed by atoms with Crippen LogP contribution in [0.4, 0.5) is 5.69 Å². The number of para-hydroxylation sites is 1. The van der Waals surface area contributed by atoms with Gasteiger partial charge in [0.05, 0.1) is 0 Å². The summed E-state index contributed by atoms with van der Waals surface area (Å²) in [6.07, 6.45) is 0. The van der Waals surface area contributed by atoms with Crippen LogP contribution in [0.5, 0.6) is 0 Å². The molecular weight excluding hydrogens is 210 g/mol. The fourth-order valence-corrected chi connectivity index (χ4v) is 2.05. The van der Waals surface area contributed by atoms with Crippen LogP contribution in [0.25, 0.3) is 0 Å². The Morgan fingerprint density at radius 2 is 2.13 bits per heavy atom. The van der Waals surface area contributed by atoms with Crippen LogP contribution in [-0.2, 0) is 4.79 Å². The average molecular weight is 221 g/mol. The van der Waals surface area contributed by atoms with Crippen LogP contribution in [0.2, 0.25) is 0 Å². The second-order valence-corrected chi connectivity index (χ2v) is 4.36. The molecule has 1 atom stereocenters. The van der Waals surface area contributed by atoms with Gasteiger partial charge in [0.1, 0.15) is 5.25 Å². The average Bonchev–Trinajstić information content (AvgIpc) is 2.56. The molecule has 0 radical (unpaired) electrons. The number of nitrogens with one attached hydrogen (secondary N) is 1. The van der Waals surface area contributed by atoms with Crippen molar-refractivity contribution in [2.45, 2.75) is 5.25 Å². The number of carbonyl (C=O) groups excluding carboxylic acids is 1. The summed E-state index contributed by atoms with van der Waals surface area (Å²) < 4.78 is 0. The second-order valence-electron chi connectivity index (χ2n) is 3.14. The Balaban J connectivity index is 1.88. The fraction of sp³-hybridized carbons (Fsp3) is 0.200. The molecule has 0 bridgehead atoms. The van der Waals surface area contributed by atoms with Gasteiger partial charge in [-0.15, -0.1) is 0 Å². The van der Waals surface area contributed by atoms with E-state index in [2.05, 4.69) is 10.3 Å². The fourth-order valence-electron chi connectivity index (χ4n) is 1.30. The molecular formula is C10H11N3OS. The minimum atomic E-state index is -0.190. The third kappa shape index (κ3) is 2.50. The van der Waals surface area contributed by atoms with Crippen molar-refractivity contribution in [1.82, 2.24) is 0 Å². The summed E-state index contributed by atoms with van der Waals surface area (Å²) in [4.78, 5) is 14.9. The molecule has 1 amide bonds. The first-order chi connectivity index (χ1) is 7.25. The van der Waals surface area contributed by atoms with Crippen LogP contribution >= 0.6 is 11.8 Å². The van der Waals surface area contributed by atoms with Gasteiger partial charge >= 0.3 is 0 Å². The third-order valence-corrected chi connectivity index (χ3v) is 3.01. The minimum Gasteiger partial charge on any atom is -0.383 e. The van der Waals surface area contributed by atoms with Crippen molar-refractivity contribution >= 4 is 28.5 Å². The molecule has 0 saturated carbocycles. The number of rotatable bonds is 3. The van der Waals surface area contributed by atoms with Gasteiger partial charge in [-0.05, 0) is 12.1 Å². The summed E-state index contributed by atoms with van der Waals surface area (Å²) in [6.45, 7) is 0.553. The van der Waals surface area contributed by atoms with Crippen molar-refractivity contribution in [3.05, 3.63) is 30.3 Å². The molecule has 1 aromatic carbocycles. The Morgan fingerprint density at radius 3 is 2.73 bits per heavy atom. The Morgan fingerprint density at radius 1 is 1.40 bits per heavy atom. The lowest BCUT2D eigenvalue weighted by molar-refractivity contribution is -0.116. The molecule has 0 saturated heterocycles. The Hall–Kier alpha value is -1.49. The van der Waals surface area contributed by atoms with Crippen molar-refractivity contribution in [3.8, 4) is 0 Å². The number of aliphatic imine (C=N–C) groups is 1. The number of amides is 1. The molecule has 3 N–H and O–H groups in total. The van der Waals surface area contributed by atoms with Gasteiger partial charge in [-0.25, -0.2) is 0 Å². The van der Waals surface area contributed by atoms with Gasteiger partial charge in [0.25, 0.3) is 5.91 Å². The minimum absolute atomic E-state index is 0.152. The van der Waals surface area contributed by atoms with Crippen LogP contribution in [0.15, 0.2) is 35.3 Å². The topological polar surface area (TPSA) is 67.5 Å². The van der Waals surface area contributed by atoms with Crippen molar-refractivity contribution in [2.24, 2.45) is 10.7 Å². The highest BCUT2D eigenvalue weighted by Gasteiger charge is 2.26. The van der Waals surface area contributed by atoms with E-state index < -0.39 is 0 Å². The van der Waals surface area contributed by atoms with Crippen molar-refractivity contribution in [2.75, 3.05) is 11.9 Å². The predicted octanol–water partition coefficient (Wildman–Crippen LogP) is 1.06. The molecule has 0 aromatic heterocycles. The highest BCUT2D eigenvalue weighted by molar-refractivity contribution is 8.15. The number of carbonyl (C=O) groups is 1. The van der Waals surface area contributed by atoms with Gasteiger partial charge in [-0.1, -0.05) is 30.0 Å². The number of benzene rings is 1. The van der Waals surface area contributed by atoms with Crippen LogP contribution < -0.4 is 11.1 Å². The van der Waals surface area contributed by atoms with E-state index in [1.54, 1.807) is 0 Å². The monoisotopic (exact) mass is 221 g/mol. The Labute approximate surface area is 92.0 Å². The third-order valence-electron chi connectivity index (χ3n) is 2.02. The van der Waals surface area contributed by atoms with Gasteiger partial charge in [-0.3, -0.25) is 4.79 Å². The molecule has 5 heteroatoms. The van der Waals surface area contributed by atoms with E-state index in [1.165, 1.54) is 11.8 Å². The molecule has 1 aliphatic heterocycles. The quantitative estimate of drug-likeness (QED) is 0.800. The normalized spacial score (nSPS) is 20.1. The van der Waals surface area contributed by atoms with Gasteiger partial charge in [0.2, 0.25) is 0 Å². The summed E-state index contributed by atoms with van der Waals surface area (Å²) in [6, 6.07) is 9.73. The summed E-state index contributed by atoms with van der Waals surface area (Å²) in [7, 11) is 0. The maximum atomic E-state index is 11.3. The largest absolute Gasteiger partial charge is 0.383 e. The van der Waals surface area contributed by atoms with E-state index in [0.29, 0.717) is 11.7 Å². The lowest BCUT2D eigenvalue weighted by Crippen LogP contribution is -2.21. The molecule has 78 valence electrons. The number of anilines is 1. The molecule has 0 spiro atoms. The molecule has 0 fully saturated rings. The first kappa shape index (κ1) is 10.0. The molecule has 1 unspecified atom stereocenters. The molecule has 15 heavy (non-hydrogen) atoms. The Kier molecular flexibility index (Phi) is 2.91. The summed E-state index contributed by atoms with van der Waals surface area (Å²) in [5.41, 5.74) is 6.45.